The molecule has 1 unspecified atom stereocenters. The molecule has 0 aromatic heterocycles. The average molecular weight is 276 g/mol. The van der Waals surface area contributed by atoms with E-state index in [0.717, 1.165) is 25.8 Å². The standard InChI is InChI=1S/C13H28N2O2S/c1-4-9-14-10-12(2)18(16,17)15-11-13(3)7-5-6-8-13/h12,14-15H,4-11H2,1-3H3. The van der Waals surface area contributed by atoms with Crippen LogP contribution in [0.4, 0.5) is 0 Å². The summed E-state index contributed by atoms with van der Waals surface area (Å²) in [6.07, 6.45) is 5.76. The van der Waals surface area contributed by atoms with Gasteiger partial charge >= 0.3 is 0 Å². The summed E-state index contributed by atoms with van der Waals surface area (Å²) in [6, 6.07) is 0. The van der Waals surface area contributed by atoms with E-state index in [-0.39, 0.29) is 10.7 Å². The molecule has 0 aromatic rings. The van der Waals surface area contributed by atoms with E-state index in [1.807, 2.05) is 0 Å². The summed E-state index contributed by atoms with van der Waals surface area (Å²) in [5, 5.41) is 2.79. The van der Waals surface area contributed by atoms with Crippen molar-refractivity contribution < 1.29 is 8.42 Å². The highest BCUT2D eigenvalue weighted by atomic mass is 32.2. The van der Waals surface area contributed by atoms with Crippen molar-refractivity contribution in [3.63, 3.8) is 0 Å². The Labute approximate surface area is 112 Å². The largest absolute Gasteiger partial charge is 0.315 e. The van der Waals surface area contributed by atoms with Crippen LogP contribution in [0, 0.1) is 5.41 Å². The van der Waals surface area contributed by atoms with Crippen LogP contribution in [0.25, 0.3) is 0 Å². The van der Waals surface area contributed by atoms with Gasteiger partial charge in [-0.05, 0) is 38.1 Å². The third kappa shape index (κ3) is 4.86. The van der Waals surface area contributed by atoms with Gasteiger partial charge in [0, 0.05) is 13.1 Å². The predicted molar refractivity (Wildman–Crippen MR) is 76.1 cm³/mol. The monoisotopic (exact) mass is 276 g/mol. The van der Waals surface area contributed by atoms with E-state index in [4.69, 9.17) is 0 Å². The second-order valence-corrected chi connectivity index (χ2v) is 8.08. The fourth-order valence-electron chi connectivity index (χ4n) is 2.41. The van der Waals surface area contributed by atoms with E-state index in [9.17, 15) is 8.42 Å². The minimum absolute atomic E-state index is 0.170. The van der Waals surface area contributed by atoms with E-state index < -0.39 is 10.0 Å². The maximum Gasteiger partial charge on any atom is 0.215 e. The van der Waals surface area contributed by atoms with Crippen LogP contribution in [-0.4, -0.2) is 33.3 Å². The van der Waals surface area contributed by atoms with Crippen molar-refractivity contribution in [1.29, 1.82) is 0 Å². The molecule has 0 aliphatic heterocycles. The van der Waals surface area contributed by atoms with Crippen LogP contribution in [0.1, 0.15) is 52.9 Å². The molecule has 18 heavy (non-hydrogen) atoms. The van der Waals surface area contributed by atoms with Crippen LogP contribution < -0.4 is 10.0 Å². The quantitative estimate of drug-likeness (QED) is 0.665. The summed E-state index contributed by atoms with van der Waals surface area (Å²) in [6.45, 7) is 8.01. The number of sulfonamides is 1. The van der Waals surface area contributed by atoms with Gasteiger partial charge in [0.15, 0.2) is 0 Å². The van der Waals surface area contributed by atoms with E-state index in [1.165, 1.54) is 12.8 Å². The molecule has 2 N–H and O–H groups in total. The normalized spacial score (nSPS) is 21.1. The molecule has 0 spiro atoms. The fourth-order valence-corrected chi connectivity index (χ4v) is 3.59. The number of hydrogen-bond donors (Lipinski definition) is 2. The molecule has 0 amide bonds. The topological polar surface area (TPSA) is 58.2 Å². The van der Waals surface area contributed by atoms with Crippen molar-refractivity contribution >= 4 is 10.0 Å². The minimum Gasteiger partial charge on any atom is -0.315 e. The van der Waals surface area contributed by atoms with Crippen molar-refractivity contribution in [2.45, 2.75) is 58.1 Å². The van der Waals surface area contributed by atoms with Crippen LogP contribution in [-0.2, 0) is 10.0 Å². The first-order valence-corrected chi connectivity index (χ1v) is 8.63. The van der Waals surface area contributed by atoms with Gasteiger partial charge in [0.1, 0.15) is 0 Å². The first-order chi connectivity index (χ1) is 8.40. The van der Waals surface area contributed by atoms with Crippen LogP contribution in [0.15, 0.2) is 0 Å². The van der Waals surface area contributed by atoms with Gasteiger partial charge in [-0.1, -0.05) is 26.7 Å². The molecular formula is C13H28N2O2S. The van der Waals surface area contributed by atoms with E-state index in [0.29, 0.717) is 13.1 Å². The lowest BCUT2D eigenvalue weighted by atomic mass is 9.89. The second-order valence-electron chi connectivity index (χ2n) is 5.90. The predicted octanol–water partition coefficient (Wildman–Crippen LogP) is 1.87. The number of rotatable bonds is 8. The third-order valence-electron chi connectivity index (χ3n) is 3.90. The highest BCUT2D eigenvalue weighted by Crippen LogP contribution is 2.36. The molecule has 0 heterocycles. The number of hydrogen-bond acceptors (Lipinski definition) is 3. The molecule has 1 fully saturated rings. The molecule has 108 valence electrons. The third-order valence-corrected chi connectivity index (χ3v) is 5.67. The number of nitrogens with one attached hydrogen (secondary N) is 2. The lowest BCUT2D eigenvalue weighted by Gasteiger charge is -2.25. The Hall–Kier alpha value is -0.130. The Bertz CT molecular complexity index is 335. The van der Waals surface area contributed by atoms with Crippen molar-refractivity contribution in [3.8, 4) is 0 Å². The van der Waals surface area contributed by atoms with Crippen molar-refractivity contribution in [1.82, 2.24) is 10.0 Å². The highest BCUT2D eigenvalue weighted by Gasteiger charge is 2.31. The smallest absolute Gasteiger partial charge is 0.215 e. The fraction of sp³-hybridized carbons (Fsp3) is 1.00. The van der Waals surface area contributed by atoms with E-state index in [2.05, 4.69) is 23.9 Å². The van der Waals surface area contributed by atoms with Gasteiger partial charge in [0.05, 0.1) is 5.25 Å². The van der Waals surface area contributed by atoms with Gasteiger partial charge in [-0.15, -0.1) is 0 Å². The Morgan fingerprint density at radius 1 is 1.28 bits per heavy atom. The summed E-state index contributed by atoms with van der Waals surface area (Å²) < 4.78 is 26.9. The first kappa shape index (κ1) is 15.9. The summed E-state index contributed by atoms with van der Waals surface area (Å²) in [4.78, 5) is 0. The van der Waals surface area contributed by atoms with Gasteiger partial charge in [-0.3, -0.25) is 0 Å². The molecule has 1 atom stereocenters. The molecular weight excluding hydrogens is 248 g/mol. The lowest BCUT2D eigenvalue weighted by molar-refractivity contribution is 0.335. The summed E-state index contributed by atoms with van der Waals surface area (Å²) in [7, 11) is -3.18. The molecule has 1 saturated carbocycles. The highest BCUT2D eigenvalue weighted by molar-refractivity contribution is 7.90. The van der Waals surface area contributed by atoms with Gasteiger partial charge < -0.3 is 5.32 Å². The lowest BCUT2D eigenvalue weighted by Crippen LogP contribution is -2.42. The summed E-state index contributed by atoms with van der Waals surface area (Å²) in [5.41, 5.74) is 0.170. The zero-order chi connectivity index (χ0) is 13.6. The van der Waals surface area contributed by atoms with Gasteiger partial charge in [0.25, 0.3) is 0 Å². The van der Waals surface area contributed by atoms with Gasteiger partial charge in [0.2, 0.25) is 10.0 Å². The second kappa shape index (κ2) is 6.87. The molecule has 0 radical (unpaired) electrons. The molecule has 1 rings (SSSR count). The van der Waals surface area contributed by atoms with Gasteiger partial charge in [-0.2, -0.15) is 0 Å². The SMILES string of the molecule is CCCNCC(C)S(=O)(=O)NCC1(C)CCCC1. The average Bonchev–Trinajstić information content (AvgIpc) is 2.75. The first-order valence-electron chi connectivity index (χ1n) is 7.09. The molecule has 1 aliphatic rings. The molecule has 1 aliphatic carbocycles. The van der Waals surface area contributed by atoms with Crippen molar-refractivity contribution in [3.05, 3.63) is 0 Å². The Balaban J connectivity index is 2.38. The maximum atomic E-state index is 12.1. The summed E-state index contributed by atoms with van der Waals surface area (Å²) in [5.74, 6) is 0. The molecule has 0 bridgehead atoms. The van der Waals surface area contributed by atoms with E-state index >= 15 is 0 Å². The zero-order valence-electron chi connectivity index (χ0n) is 12.0. The Morgan fingerprint density at radius 3 is 2.44 bits per heavy atom. The molecule has 4 nitrogen and oxygen atoms in total. The zero-order valence-corrected chi connectivity index (χ0v) is 12.8. The molecule has 0 saturated heterocycles. The summed E-state index contributed by atoms with van der Waals surface area (Å²) >= 11 is 0. The van der Waals surface area contributed by atoms with Crippen LogP contribution in [0.3, 0.4) is 0 Å². The Morgan fingerprint density at radius 2 is 1.89 bits per heavy atom. The van der Waals surface area contributed by atoms with Crippen LogP contribution in [0.5, 0.6) is 0 Å². The molecule has 5 heteroatoms. The maximum absolute atomic E-state index is 12.1. The van der Waals surface area contributed by atoms with Crippen molar-refractivity contribution in [2.75, 3.05) is 19.6 Å². The minimum atomic E-state index is -3.18. The van der Waals surface area contributed by atoms with Crippen LogP contribution in [0.2, 0.25) is 0 Å². The van der Waals surface area contributed by atoms with E-state index in [1.54, 1.807) is 6.92 Å². The van der Waals surface area contributed by atoms with Crippen LogP contribution >= 0.6 is 0 Å². The molecule has 0 aromatic carbocycles. The van der Waals surface area contributed by atoms with Gasteiger partial charge in [-0.25, -0.2) is 13.1 Å². The Kier molecular flexibility index (Phi) is 6.08. The van der Waals surface area contributed by atoms with Crippen molar-refractivity contribution in [2.24, 2.45) is 5.41 Å².